The van der Waals surface area contributed by atoms with Crippen molar-refractivity contribution in [1.82, 2.24) is 15.1 Å². The Labute approximate surface area is 123 Å². The molecular weight excluding hydrogens is 277 g/mol. The molecule has 1 aromatic heterocycles. The highest BCUT2D eigenvalue weighted by Crippen LogP contribution is 2.23. The van der Waals surface area contributed by atoms with Crippen LogP contribution in [0.5, 0.6) is 0 Å². The van der Waals surface area contributed by atoms with Crippen molar-refractivity contribution < 1.29 is 4.39 Å². The maximum Gasteiger partial charge on any atom is 0.129 e. The van der Waals surface area contributed by atoms with Crippen LogP contribution in [0.3, 0.4) is 0 Å². The average Bonchev–Trinajstić information content (AvgIpc) is 2.80. The molecule has 2 rings (SSSR count). The van der Waals surface area contributed by atoms with Crippen molar-refractivity contribution >= 4 is 11.6 Å². The monoisotopic (exact) mass is 295 g/mol. The summed E-state index contributed by atoms with van der Waals surface area (Å²) in [5.41, 5.74) is 1.72. The lowest BCUT2D eigenvalue weighted by Crippen LogP contribution is -2.25. The molecule has 0 aliphatic rings. The molecule has 0 radical (unpaired) electrons. The first-order valence-corrected chi connectivity index (χ1v) is 7.13. The molecule has 0 aliphatic heterocycles. The van der Waals surface area contributed by atoms with Gasteiger partial charge < -0.3 is 5.32 Å². The number of aryl methyl sites for hydroxylation is 1. The standard InChI is InChI=1S/C15H19ClFN3/c1-3-6-18-15(7-11-9-19-20(2)10-11)13-5-4-12(16)8-14(13)17/h4-5,8-10,15,18H,3,6-7H2,1-2H3. The van der Waals surface area contributed by atoms with Crippen LogP contribution in [0.4, 0.5) is 4.39 Å². The number of halogens is 2. The van der Waals surface area contributed by atoms with Gasteiger partial charge in [-0.25, -0.2) is 4.39 Å². The van der Waals surface area contributed by atoms with Gasteiger partial charge in [0.1, 0.15) is 5.82 Å². The lowest BCUT2D eigenvalue weighted by molar-refractivity contribution is 0.497. The lowest BCUT2D eigenvalue weighted by atomic mass is 10.00. The van der Waals surface area contributed by atoms with Gasteiger partial charge in [0.25, 0.3) is 0 Å². The van der Waals surface area contributed by atoms with Gasteiger partial charge in [-0.1, -0.05) is 24.6 Å². The van der Waals surface area contributed by atoms with Crippen LogP contribution in [0, 0.1) is 5.82 Å². The van der Waals surface area contributed by atoms with Crippen molar-refractivity contribution in [2.24, 2.45) is 7.05 Å². The second kappa shape index (κ2) is 6.86. The summed E-state index contributed by atoms with van der Waals surface area (Å²) in [6, 6.07) is 4.77. The number of nitrogens with one attached hydrogen (secondary N) is 1. The van der Waals surface area contributed by atoms with E-state index in [2.05, 4.69) is 17.3 Å². The first kappa shape index (κ1) is 15.0. The van der Waals surface area contributed by atoms with E-state index in [0.717, 1.165) is 18.5 Å². The molecule has 1 unspecified atom stereocenters. The number of nitrogens with zero attached hydrogens (tertiary/aromatic N) is 2. The summed E-state index contributed by atoms with van der Waals surface area (Å²) < 4.78 is 15.8. The van der Waals surface area contributed by atoms with Crippen molar-refractivity contribution in [2.45, 2.75) is 25.8 Å². The number of rotatable bonds is 6. The minimum absolute atomic E-state index is 0.0728. The van der Waals surface area contributed by atoms with Gasteiger partial charge in [0, 0.05) is 29.9 Å². The van der Waals surface area contributed by atoms with E-state index in [9.17, 15) is 4.39 Å². The molecule has 0 saturated carbocycles. The summed E-state index contributed by atoms with van der Waals surface area (Å²) in [6.07, 6.45) is 5.47. The number of benzene rings is 1. The Balaban J connectivity index is 2.22. The van der Waals surface area contributed by atoms with E-state index in [1.807, 2.05) is 19.4 Å². The van der Waals surface area contributed by atoms with Crippen molar-refractivity contribution in [1.29, 1.82) is 0 Å². The molecule has 108 valence electrons. The Morgan fingerprint density at radius 1 is 1.45 bits per heavy atom. The van der Waals surface area contributed by atoms with Crippen molar-refractivity contribution in [3.05, 3.63) is 52.6 Å². The van der Waals surface area contributed by atoms with Crippen molar-refractivity contribution in [3.63, 3.8) is 0 Å². The van der Waals surface area contributed by atoms with Crippen LogP contribution in [0.25, 0.3) is 0 Å². The number of aromatic nitrogens is 2. The first-order chi connectivity index (χ1) is 9.60. The predicted molar refractivity (Wildman–Crippen MR) is 79.4 cm³/mol. The lowest BCUT2D eigenvalue weighted by Gasteiger charge is -2.19. The van der Waals surface area contributed by atoms with Crippen LogP contribution >= 0.6 is 11.6 Å². The van der Waals surface area contributed by atoms with E-state index in [1.54, 1.807) is 16.8 Å². The van der Waals surface area contributed by atoms with Crippen LogP contribution in [0.2, 0.25) is 5.02 Å². The Morgan fingerprint density at radius 3 is 2.85 bits per heavy atom. The third-order valence-electron chi connectivity index (χ3n) is 3.18. The van der Waals surface area contributed by atoms with E-state index < -0.39 is 0 Å². The summed E-state index contributed by atoms with van der Waals surface area (Å²) in [4.78, 5) is 0. The summed E-state index contributed by atoms with van der Waals surface area (Å²) in [5.74, 6) is -0.269. The smallest absolute Gasteiger partial charge is 0.129 e. The topological polar surface area (TPSA) is 29.9 Å². The number of hydrogen-bond acceptors (Lipinski definition) is 2. The van der Waals surface area contributed by atoms with Gasteiger partial charge in [0.2, 0.25) is 0 Å². The highest BCUT2D eigenvalue weighted by Gasteiger charge is 2.16. The Bertz CT molecular complexity index is 568. The molecule has 0 saturated heterocycles. The maximum atomic E-state index is 14.1. The minimum Gasteiger partial charge on any atom is -0.310 e. The van der Waals surface area contributed by atoms with Gasteiger partial charge >= 0.3 is 0 Å². The summed E-state index contributed by atoms with van der Waals surface area (Å²) in [5, 5.41) is 7.96. The predicted octanol–water partition coefficient (Wildman–Crippen LogP) is 3.50. The van der Waals surface area contributed by atoms with Crippen LogP contribution in [0.1, 0.15) is 30.5 Å². The highest BCUT2D eigenvalue weighted by atomic mass is 35.5. The molecular formula is C15H19ClFN3. The van der Waals surface area contributed by atoms with Crippen LogP contribution in [0.15, 0.2) is 30.6 Å². The maximum absolute atomic E-state index is 14.1. The molecule has 1 aromatic carbocycles. The van der Waals surface area contributed by atoms with Crippen LogP contribution in [-0.2, 0) is 13.5 Å². The second-order valence-corrected chi connectivity index (χ2v) is 5.34. The molecule has 0 spiro atoms. The second-order valence-electron chi connectivity index (χ2n) is 4.90. The van der Waals surface area contributed by atoms with E-state index in [4.69, 9.17) is 11.6 Å². The summed E-state index contributed by atoms with van der Waals surface area (Å²) in [6.45, 7) is 2.93. The quantitative estimate of drug-likeness (QED) is 0.884. The first-order valence-electron chi connectivity index (χ1n) is 6.76. The molecule has 20 heavy (non-hydrogen) atoms. The Hall–Kier alpha value is -1.39. The van der Waals surface area contributed by atoms with E-state index in [0.29, 0.717) is 17.0 Å². The third kappa shape index (κ3) is 3.81. The largest absolute Gasteiger partial charge is 0.310 e. The molecule has 5 heteroatoms. The molecule has 1 N–H and O–H groups in total. The van der Waals surface area contributed by atoms with Gasteiger partial charge in [-0.2, -0.15) is 5.10 Å². The van der Waals surface area contributed by atoms with Crippen molar-refractivity contribution in [3.8, 4) is 0 Å². The third-order valence-corrected chi connectivity index (χ3v) is 3.41. The zero-order chi connectivity index (χ0) is 14.5. The van der Waals surface area contributed by atoms with Gasteiger partial charge in [-0.3, -0.25) is 4.68 Å². The van der Waals surface area contributed by atoms with Crippen molar-refractivity contribution in [2.75, 3.05) is 6.54 Å². The highest BCUT2D eigenvalue weighted by molar-refractivity contribution is 6.30. The van der Waals surface area contributed by atoms with Crippen LogP contribution < -0.4 is 5.32 Å². The molecule has 0 amide bonds. The molecule has 1 heterocycles. The normalized spacial score (nSPS) is 12.6. The number of hydrogen-bond donors (Lipinski definition) is 1. The zero-order valence-electron chi connectivity index (χ0n) is 11.7. The molecule has 0 aliphatic carbocycles. The minimum atomic E-state index is -0.269. The zero-order valence-corrected chi connectivity index (χ0v) is 12.5. The van der Waals surface area contributed by atoms with E-state index in [-0.39, 0.29) is 11.9 Å². The average molecular weight is 296 g/mol. The summed E-state index contributed by atoms with van der Waals surface area (Å²) >= 11 is 5.82. The Kier molecular flexibility index (Phi) is 5.15. The van der Waals surface area contributed by atoms with Gasteiger partial charge in [0.15, 0.2) is 0 Å². The fourth-order valence-corrected chi connectivity index (χ4v) is 2.37. The molecule has 0 bridgehead atoms. The molecule has 0 fully saturated rings. The molecule has 3 nitrogen and oxygen atoms in total. The fourth-order valence-electron chi connectivity index (χ4n) is 2.21. The molecule has 1 atom stereocenters. The van der Waals surface area contributed by atoms with Gasteiger partial charge in [-0.05, 0) is 37.1 Å². The SMILES string of the molecule is CCCNC(Cc1cnn(C)c1)c1ccc(Cl)cc1F. The van der Waals surface area contributed by atoms with Gasteiger partial charge in [-0.15, -0.1) is 0 Å². The van der Waals surface area contributed by atoms with E-state index in [1.165, 1.54) is 6.07 Å². The summed E-state index contributed by atoms with van der Waals surface area (Å²) in [7, 11) is 1.88. The molecule has 2 aromatic rings. The van der Waals surface area contributed by atoms with E-state index >= 15 is 0 Å². The Morgan fingerprint density at radius 2 is 2.25 bits per heavy atom. The van der Waals surface area contributed by atoms with Gasteiger partial charge in [0.05, 0.1) is 6.20 Å². The fraction of sp³-hybridized carbons (Fsp3) is 0.400. The van der Waals surface area contributed by atoms with Crippen LogP contribution in [-0.4, -0.2) is 16.3 Å².